The number of nitrogens with two attached hydrogens (primary N) is 1. The van der Waals surface area contributed by atoms with Crippen LogP contribution in [-0.4, -0.2) is 42.5 Å². The van der Waals surface area contributed by atoms with E-state index in [-0.39, 0.29) is 5.91 Å². The molecule has 1 unspecified atom stereocenters. The Balaban J connectivity index is 2.16. The summed E-state index contributed by atoms with van der Waals surface area (Å²) in [5, 5.41) is 3.18. The number of amides is 1. The summed E-state index contributed by atoms with van der Waals surface area (Å²) < 4.78 is 0. The van der Waals surface area contributed by atoms with Gasteiger partial charge in [0.05, 0.1) is 0 Å². The van der Waals surface area contributed by atoms with Gasteiger partial charge in [0.1, 0.15) is 0 Å². The Hall–Kier alpha value is -0.610. The van der Waals surface area contributed by atoms with E-state index >= 15 is 0 Å². The minimum absolute atomic E-state index is 0.215. The van der Waals surface area contributed by atoms with Crippen molar-refractivity contribution in [3.63, 3.8) is 0 Å². The molecule has 1 aliphatic heterocycles. The van der Waals surface area contributed by atoms with Gasteiger partial charge in [-0.2, -0.15) is 0 Å². The second-order valence-corrected chi connectivity index (χ2v) is 6.19. The van der Waals surface area contributed by atoms with Gasteiger partial charge in [0, 0.05) is 31.6 Å². The molecule has 0 spiro atoms. The number of nitrogens with one attached hydrogen (secondary N) is 1. The van der Waals surface area contributed by atoms with E-state index in [4.69, 9.17) is 5.73 Å². The zero-order chi connectivity index (χ0) is 14.3. The molecule has 1 fully saturated rings. The van der Waals surface area contributed by atoms with Crippen molar-refractivity contribution in [1.82, 2.24) is 10.2 Å². The number of hydrogen-bond acceptors (Lipinski definition) is 3. The van der Waals surface area contributed by atoms with Gasteiger partial charge in [0.2, 0.25) is 5.91 Å². The van der Waals surface area contributed by atoms with Gasteiger partial charge >= 0.3 is 0 Å². The summed E-state index contributed by atoms with van der Waals surface area (Å²) in [4.78, 5) is 14.4. The van der Waals surface area contributed by atoms with Gasteiger partial charge in [-0.05, 0) is 52.0 Å². The van der Waals surface area contributed by atoms with Crippen LogP contribution in [0.5, 0.6) is 0 Å². The zero-order valence-corrected chi connectivity index (χ0v) is 12.8. The van der Waals surface area contributed by atoms with Crippen LogP contribution in [0, 0.1) is 5.92 Å². The van der Waals surface area contributed by atoms with E-state index in [1.54, 1.807) is 0 Å². The van der Waals surface area contributed by atoms with Crippen LogP contribution in [0.25, 0.3) is 0 Å². The Morgan fingerprint density at radius 3 is 2.42 bits per heavy atom. The number of rotatable bonds is 7. The molecular weight excluding hydrogens is 238 g/mol. The fourth-order valence-electron chi connectivity index (χ4n) is 2.67. The maximum Gasteiger partial charge on any atom is 0.220 e. The maximum atomic E-state index is 11.9. The number of nitrogens with zero attached hydrogens (tertiary/aromatic N) is 1. The SMILES string of the molecule is CC(CCN)CCC(=O)NC1CCN(C(C)C)CC1. The van der Waals surface area contributed by atoms with Crippen LogP contribution in [0.1, 0.15) is 52.9 Å². The van der Waals surface area contributed by atoms with E-state index in [0.29, 0.717) is 24.4 Å². The van der Waals surface area contributed by atoms with Gasteiger partial charge in [0.25, 0.3) is 0 Å². The largest absolute Gasteiger partial charge is 0.353 e. The van der Waals surface area contributed by atoms with Crippen molar-refractivity contribution in [2.24, 2.45) is 11.7 Å². The van der Waals surface area contributed by atoms with Crippen molar-refractivity contribution in [2.75, 3.05) is 19.6 Å². The van der Waals surface area contributed by atoms with Crippen LogP contribution in [0.15, 0.2) is 0 Å². The molecule has 0 aromatic carbocycles. The monoisotopic (exact) mass is 269 g/mol. The molecule has 1 amide bonds. The lowest BCUT2D eigenvalue weighted by Gasteiger charge is -2.34. The van der Waals surface area contributed by atoms with Gasteiger partial charge in [-0.15, -0.1) is 0 Å². The third-order valence-electron chi connectivity index (χ3n) is 4.15. The average molecular weight is 269 g/mol. The van der Waals surface area contributed by atoms with E-state index in [1.165, 1.54) is 0 Å². The van der Waals surface area contributed by atoms with E-state index in [1.807, 2.05) is 0 Å². The van der Waals surface area contributed by atoms with Gasteiger partial charge < -0.3 is 16.0 Å². The molecule has 0 saturated carbocycles. The molecule has 4 heteroatoms. The average Bonchev–Trinajstić information content (AvgIpc) is 2.37. The second kappa shape index (κ2) is 8.54. The summed E-state index contributed by atoms with van der Waals surface area (Å²) in [5.41, 5.74) is 5.52. The molecule has 112 valence electrons. The molecule has 0 aromatic rings. The van der Waals surface area contributed by atoms with E-state index in [2.05, 4.69) is 31.0 Å². The quantitative estimate of drug-likeness (QED) is 0.740. The first-order valence-corrected chi connectivity index (χ1v) is 7.76. The second-order valence-electron chi connectivity index (χ2n) is 6.19. The minimum Gasteiger partial charge on any atom is -0.353 e. The van der Waals surface area contributed by atoms with Crippen molar-refractivity contribution in [3.8, 4) is 0 Å². The summed E-state index contributed by atoms with van der Waals surface area (Å²) >= 11 is 0. The highest BCUT2D eigenvalue weighted by Crippen LogP contribution is 2.14. The summed E-state index contributed by atoms with van der Waals surface area (Å²) in [6.07, 6.45) is 4.78. The molecule has 19 heavy (non-hydrogen) atoms. The fourth-order valence-corrected chi connectivity index (χ4v) is 2.67. The van der Waals surface area contributed by atoms with Crippen LogP contribution in [0.3, 0.4) is 0 Å². The van der Waals surface area contributed by atoms with Gasteiger partial charge in [-0.25, -0.2) is 0 Å². The highest BCUT2D eigenvalue weighted by molar-refractivity contribution is 5.76. The van der Waals surface area contributed by atoms with Crippen molar-refractivity contribution >= 4 is 5.91 Å². The van der Waals surface area contributed by atoms with Crippen LogP contribution >= 0.6 is 0 Å². The molecule has 1 heterocycles. The summed E-state index contributed by atoms with van der Waals surface area (Å²) in [5.74, 6) is 0.769. The lowest BCUT2D eigenvalue weighted by molar-refractivity contribution is -0.122. The molecule has 0 aliphatic carbocycles. The Labute approximate surface area is 118 Å². The maximum absolute atomic E-state index is 11.9. The zero-order valence-electron chi connectivity index (χ0n) is 12.8. The molecule has 1 rings (SSSR count). The molecule has 3 N–H and O–H groups in total. The standard InChI is InChI=1S/C15H31N3O/c1-12(2)18-10-7-14(8-11-18)17-15(19)5-4-13(3)6-9-16/h12-14H,4-11,16H2,1-3H3,(H,17,19). The number of hydrogen-bond donors (Lipinski definition) is 2. The van der Waals surface area contributed by atoms with Crippen LogP contribution in [0.2, 0.25) is 0 Å². The van der Waals surface area contributed by atoms with Crippen molar-refractivity contribution in [3.05, 3.63) is 0 Å². The molecule has 0 bridgehead atoms. The third-order valence-corrected chi connectivity index (χ3v) is 4.15. The highest BCUT2D eigenvalue weighted by atomic mass is 16.1. The Morgan fingerprint density at radius 2 is 1.89 bits per heavy atom. The fraction of sp³-hybridized carbons (Fsp3) is 0.933. The number of carbonyl (C=O) groups excluding carboxylic acids is 1. The van der Waals surface area contributed by atoms with Gasteiger partial charge in [-0.3, -0.25) is 4.79 Å². The highest BCUT2D eigenvalue weighted by Gasteiger charge is 2.21. The lowest BCUT2D eigenvalue weighted by atomic mass is 10.0. The first-order chi connectivity index (χ1) is 9.02. The summed E-state index contributed by atoms with van der Waals surface area (Å²) in [6, 6.07) is 1.00. The van der Waals surface area contributed by atoms with Gasteiger partial charge in [-0.1, -0.05) is 6.92 Å². The van der Waals surface area contributed by atoms with Crippen LogP contribution < -0.4 is 11.1 Å². The Morgan fingerprint density at radius 1 is 1.26 bits per heavy atom. The molecule has 0 aromatic heterocycles. The molecule has 1 atom stereocenters. The number of piperidine rings is 1. The predicted molar refractivity (Wildman–Crippen MR) is 79.9 cm³/mol. The smallest absolute Gasteiger partial charge is 0.220 e. The molecule has 1 aliphatic rings. The minimum atomic E-state index is 0.215. The molecular formula is C15H31N3O. The van der Waals surface area contributed by atoms with Crippen molar-refractivity contribution in [2.45, 2.75) is 65.0 Å². The number of carbonyl (C=O) groups is 1. The van der Waals surface area contributed by atoms with E-state index in [9.17, 15) is 4.79 Å². The van der Waals surface area contributed by atoms with E-state index in [0.717, 1.165) is 45.3 Å². The first kappa shape index (κ1) is 16.4. The van der Waals surface area contributed by atoms with E-state index < -0.39 is 0 Å². The Kier molecular flexibility index (Phi) is 7.39. The van der Waals surface area contributed by atoms with Crippen molar-refractivity contribution < 1.29 is 4.79 Å². The van der Waals surface area contributed by atoms with Crippen LogP contribution in [-0.2, 0) is 4.79 Å². The summed E-state index contributed by atoms with van der Waals surface area (Å²) in [6.45, 7) is 9.56. The molecule has 0 radical (unpaired) electrons. The van der Waals surface area contributed by atoms with Crippen LogP contribution in [0.4, 0.5) is 0 Å². The number of likely N-dealkylation sites (tertiary alicyclic amines) is 1. The van der Waals surface area contributed by atoms with Crippen molar-refractivity contribution in [1.29, 1.82) is 0 Å². The first-order valence-electron chi connectivity index (χ1n) is 7.76. The Bertz CT molecular complexity index is 260. The predicted octanol–water partition coefficient (Wildman–Crippen LogP) is 1.74. The normalized spacial score (nSPS) is 19.6. The summed E-state index contributed by atoms with van der Waals surface area (Å²) in [7, 11) is 0. The topological polar surface area (TPSA) is 58.4 Å². The molecule has 1 saturated heterocycles. The van der Waals surface area contributed by atoms with Gasteiger partial charge in [0.15, 0.2) is 0 Å². The molecule has 4 nitrogen and oxygen atoms in total. The lowest BCUT2D eigenvalue weighted by Crippen LogP contribution is -2.46. The third kappa shape index (κ3) is 6.39.